The number of hydrogen-bond donors (Lipinski definition) is 1. The summed E-state index contributed by atoms with van der Waals surface area (Å²) in [6.07, 6.45) is 1.32. The molecule has 0 aliphatic carbocycles. The molecule has 0 spiro atoms. The average Bonchev–Trinajstić information content (AvgIpc) is 2.39. The molecule has 104 valence electrons. The molecule has 2 aromatic rings. The van der Waals surface area contributed by atoms with Crippen molar-refractivity contribution in [1.82, 2.24) is 4.57 Å². The Morgan fingerprint density at radius 3 is 2.35 bits per heavy atom. The Labute approximate surface area is 115 Å². The zero-order valence-corrected chi connectivity index (χ0v) is 11.1. The number of nitrogens with zero attached hydrogens (tertiary/aromatic N) is 1. The Morgan fingerprint density at radius 1 is 1.25 bits per heavy atom. The van der Waals surface area contributed by atoms with Gasteiger partial charge >= 0.3 is 5.97 Å². The third-order valence-electron chi connectivity index (χ3n) is 3.00. The monoisotopic (exact) mass is 275 g/mol. The van der Waals surface area contributed by atoms with Gasteiger partial charge in [-0.1, -0.05) is 12.1 Å². The molecular formula is C15H14FNO3. The van der Waals surface area contributed by atoms with Crippen LogP contribution in [0.1, 0.15) is 30.2 Å². The van der Waals surface area contributed by atoms with Crippen LogP contribution in [0.15, 0.2) is 41.3 Å². The molecule has 1 aromatic heterocycles. The van der Waals surface area contributed by atoms with Crippen molar-refractivity contribution >= 4 is 5.97 Å². The quantitative estimate of drug-likeness (QED) is 0.936. The van der Waals surface area contributed by atoms with E-state index in [9.17, 15) is 14.0 Å². The highest BCUT2D eigenvalue weighted by molar-refractivity contribution is 5.88. The van der Waals surface area contributed by atoms with Crippen LogP contribution in [-0.2, 0) is 0 Å². The van der Waals surface area contributed by atoms with Crippen molar-refractivity contribution in [3.05, 3.63) is 58.3 Å². The minimum atomic E-state index is -1.11. The highest BCUT2D eigenvalue weighted by atomic mass is 19.1. The number of aromatic carboxylic acids is 1. The van der Waals surface area contributed by atoms with Crippen molar-refractivity contribution in [2.24, 2.45) is 0 Å². The number of carboxylic acid groups (broad SMARTS) is 1. The van der Waals surface area contributed by atoms with Gasteiger partial charge < -0.3 is 9.67 Å². The molecule has 0 atom stereocenters. The summed E-state index contributed by atoms with van der Waals surface area (Å²) in [4.78, 5) is 23.5. The summed E-state index contributed by atoms with van der Waals surface area (Å²) in [5.41, 5.74) is 0.474. The maximum Gasteiger partial charge on any atom is 0.337 e. The second-order valence-corrected chi connectivity index (χ2v) is 4.76. The fourth-order valence-electron chi connectivity index (χ4n) is 1.94. The van der Waals surface area contributed by atoms with Crippen LogP contribution < -0.4 is 5.56 Å². The number of carbonyl (C=O) groups is 1. The van der Waals surface area contributed by atoms with Crippen molar-refractivity contribution in [3.8, 4) is 11.1 Å². The van der Waals surface area contributed by atoms with Crippen molar-refractivity contribution in [1.29, 1.82) is 0 Å². The van der Waals surface area contributed by atoms with E-state index in [2.05, 4.69) is 0 Å². The lowest BCUT2D eigenvalue weighted by atomic mass is 10.0. The molecule has 1 N–H and O–H groups in total. The molecule has 0 amide bonds. The summed E-state index contributed by atoms with van der Waals surface area (Å²) in [6, 6.07) is 6.55. The average molecular weight is 275 g/mol. The fourth-order valence-corrected chi connectivity index (χ4v) is 1.94. The second-order valence-electron chi connectivity index (χ2n) is 4.76. The molecule has 1 heterocycles. The standard InChI is InChI=1S/C15H14FNO3/c1-9(2)17-8-11(15(19)20)7-13(14(17)18)10-3-5-12(16)6-4-10/h3-9H,1-2H3,(H,19,20). The zero-order chi connectivity index (χ0) is 14.9. The lowest BCUT2D eigenvalue weighted by molar-refractivity contribution is 0.0696. The second kappa shape index (κ2) is 5.28. The number of aromatic nitrogens is 1. The first-order valence-corrected chi connectivity index (χ1v) is 6.15. The van der Waals surface area contributed by atoms with Gasteiger partial charge in [-0.3, -0.25) is 4.79 Å². The number of pyridine rings is 1. The molecule has 4 nitrogen and oxygen atoms in total. The minimum absolute atomic E-state index is 0.0256. The summed E-state index contributed by atoms with van der Waals surface area (Å²) in [5, 5.41) is 9.12. The Balaban J connectivity index is 2.71. The molecule has 20 heavy (non-hydrogen) atoms. The number of halogens is 1. The van der Waals surface area contributed by atoms with E-state index < -0.39 is 11.8 Å². The van der Waals surface area contributed by atoms with Crippen LogP contribution in [0, 0.1) is 5.82 Å². The first-order chi connectivity index (χ1) is 9.40. The van der Waals surface area contributed by atoms with E-state index in [0.29, 0.717) is 5.56 Å². The molecule has 0 aliphatic heterocycles. The topological polar surface area (TPSA) is 59.3 Å². The molecule has 0 fully saturated rings. The number of benzene rings is 1. The van der Waals surface area contributed by atoms with Crippen molar-refractivity contribution in [3.63, 3.8) is 0 Å². The van der Waals surface area contributed by atoms with Crippen LogP contribution >= 0.6 is 0 Å². The van der Waals surface area contributed by atoms with Crippen molar-refractivity contribution < 1.29 is 14.3 Å². The molecular weight excluding hydrogens is 261 g/mol. The normalized spacial score (nSPS) is 10.8. The van der Waals surface area contributed by atoms with Gasteiger partial charge in [0, 0.05) is 17.8 Å². The van der Waals surface area contributed by atoms with E-state index in [1.807, 2.05) is 0 Å². The van der Waals surface area contributed by atoms with Crippen LogP contribution in [0.4, 0.5) is 4.39 Å². The zero-order valence-electron chi connectivity index (χ0n) is 11.1. The molecule has 1 aromatic carbocycles. The predicted molar refractivity (Wildman–Crippen MR) is 73.4 cm³/mol. The maximum absolute atomic E-state index is 12.9. The van der Waals surface area contributed by atoms with Gasteiger partial charge in [-0.15, -0.1) is 0 Å². The van der Waals surface area contributed by atoms with Gasteiger partial charge in [-0.2, -0.15) is 0 Å². The number of rotatable bonds is 3. The molecule has 0 saturated heterocycles. The lowest BCUT2D eigenvalue weighted by Crippen LogP contribution is -2.24. The Morgan fingerprint density at radius 2 is 1.85 bits per heavy atom. The first kappa shape index (κ1) is 14.0. The molecule has 0 aliphatic rings. The van der Waals surface area contributed by atoms with Gasteiger partial charge in [0.05, 0.1) is 5.56 Å². The summed E-state index contributed by atoms with van der Waals surface area (Å²) < 4.78 is 14.3. The number of hydrogen-bond acceptors (Lipinski definition) is 2. The van der Waals surface area contributed by atoms with E-state index in [0.717, 1.165) is 0 Å². The fraction of sp³-hybridized carbons (Fsp3) is 0.200. The van der Waals surface area contributed by atoms with Crippen LogP contribution in [0.3, 0.4) is 0 Å². The molecule has 0 saturated carbocycles. The summed E-state index contributed by atoms with van der Waals surface area (Å²) >= 11 is 0. The van der Waals surface area contributed by atoms with Gasteiger partial charge in [-0.05, 0) is 37.6 Å². The van der Waals surface area contributed by atoms with E-state index in [1.165, 1.54) is 41.1 Å². The van der Waals surface area contributed by atoms with Crippen LogP contribution in [0.2, 0.25) is 0 Å². The van der Waals surface area contributed by atoms with Gasteiger partial charge in [0.25, 0.3) is 5.56 Å². The number of carboxylic acids is 1. The van der Waals surface area contributed by atoms with E-state index in [1.54, 1.807) is 13.8 Å². The van der Waals surface area contributed by atoms with Crippen LogP contribution in [0.5, 0.6) is 0 Å². The van der Waals surface area contributed by atoms with Crippen molar-refractivity contribution in [2.75, 3.05) is 0 Å². The smallest absolute Gasteiger partial charge is 0.337 e. The molecule has 0 unspecified atom stereocenters. The lowest BCUT2D eigenvalue weighted by Gasteiger charge is -2.13. The molecule has 2 rings (SSSR count). The third kappa shape index (κ3) is 2.61. The van der Waals surface area contributed by atoms with Crippen molar-refractivity contribution in [2.45, 2.75) is 19.9 Å². The maximum atomic E-state index is 12.9. The van der Waals surface area contributed by atoms with Gasteiger partial charge in [-0.25, -0.2) is 9.18 Å². The van der Waals surface area contributed by atoms with Crippen LogP contribution in [0.25, 0.3) is 11.1 Å². The van der Waals surface area contributed by atoms with Gasteiger partial charge in [0.2, 0.25) is 0 Å². The van der Waals surface area contributed by atoms with Gasteiger partial charge in [0.15, 0.2) is 0 Å². The Hall–Kier alpha value is -2.43. The summed E-state index contributed by atoms with van der Waals surface area (Å²) in [5.74, 6) is -1.52. The molecule has 0 bridgehead atoms. The molecule has 0 radical (unpaired) electrons. The third-order valence-corrected chi connectivity index (χ3v) is 3.00. The van der Waals surface area contributed by atoms with Gasteiger partial charge in [0.1, 0.15) is 5.82 Å². The van der Waals surface area contributed by atoms with E-state index in [4.69, 9.17) is 5.11 Å². The predicted octanol–water partition coefficient (Wildman–Crippen LogP) is 2.93. The summed E-state index contributed by atoms with van der Waals surface area (Å²) in [6.45, 7) is 3.59. The highest BCUT2D eigenvalue weighted by Gasteiger charge is 2.14. The Kier molecular flexibility index (Phi) is 3.70. The first-order valence-electron chi connectivity index (χ1n) is 6.15. The highest BCUT2D eigenvalue weighted by Crippen LogP contribution is 2.18. The minimum Gasteiger partial charge on any atom is -0.478 e. The molecule has 5 heteroatoms. The largest absolute Gasteiger partial charge is 0.478 e. The SMILES string of the molecule is CC(C)n1cc(C(=O)O)cc(-c2ccc(F)cc2)c1=O. The van der Waals surface area contributed by atoms with E-state index >= 15 is 0 Å². The Bertz CT molecular complexity index is 702. The van der Waals surface area contributed by atoms with Crippen LogP contribution in [-0.4, -0.2) is 15.6 Å². The summed E-state index contributed by atoms with van der Waals surface area (Å²) in [7, 11) is 0. The van der Waals surface area contributed by atoms with E-state index in [-0.39, 0.29) is 22.7 Å².